The fourth-order valence-electron chi connectivity index (χ4n) is 3.94. The minimum Gasteiger partial charge on any atom is -0.491 e. The van der Waals surface area contributed by atoms with Gasteiger partial charge in [-0.15, -0.1) is 0 Å². The number of piperidine rings is 1. The van der Waals surface area contributed by atoms with Gasteiger partial charge in [0.05, 0.1) is 18.5 Å². The summed E-state index contributed by atoms with van der Waals surface area (Å²) in [6.07, 6.45) is 1.53. The second kappa shape index (κ2) is 12.7. The fourth-order valence-corrected chi connectivity index (χ4v) is 4.48. The van der Waals surface area contributed by atoms with E-state index in [1.807, 2.05) is 4.90 Å². The highest BCUT2D eigenvalue weighted by Crippen LogP contribution is 2.36. The molecular formula is C25H34N5O6P. The maximum atomic E-state index is 12.5. The number of nitrogen functional groups attached to an aromatic ring is 1. The Bertz CT molecular complexity index is 1160. The first-order chi connectivity index (χ1) is 17.5. The van der Waals surface area contributed by atoms with Crippen LogP contribution in [0, 0.1) is 10.8 Å². The number of hydrogen-bond acceptors (Lipinski definition) is 6. The molecule has 0 aromatic heterocycles. The summed E-state index contributed by atoms with van der Waals surface area (Å²) in [5.74, 6) is 1.20. The number of amides is 1. The number of carbonyl (C=O) groups is 1. The maximum absolute atomic E-state index is 12.5. The monoisotopic (exact) mass is 531 g/mol. The van der Waals surface area contributed by atoms with E-state index in [4.69, 9.17) is 26.0 Å². The van der Waals surface area contributed by atoms with Crippen molar-refractivity contribution in [2.45, 2.75) is 32.3 Å². The minimum absolute atomic E-state index is 0.0838. The van der Waals surface area contributed by atoms with Gasteiger partial charge in [0.1, 0.15) is 30.0 Å². The van der Waals surface area contributed by atoms with Crippen molar-refractivity contribution in [1.82, 2.24) is 10.2 Å². The Morgan fingerprint density at radius 1 is 1.14 bits per heavy atom. The highest BCUT2D eigenvalue weighted by Gasteiger charge is 2.21. The molecule has 0 saturated carbocycles. The van der Waals surface area contributed by atoms with Crippen molar-refractivity contribution >= 4 is 25.2 Å². The van der Waals surface area contributed by atoms with Crippen molar-refractivity contribution in [3.8, 4) is 11.5 Å². The van der Waals surface area contributed by atoms with E-state index in [0.29, 0.717) is 34.0 Å². The number of carbonyl (C=O) groups excluding carboxylic acids is 1. The zero-order valence-electron chi connectivity index (χ0n) is 20.8. The Morgan fingerprint density at radius 2 is 1.78 bits per heavy atom. The van der Waals surface area contributed by atoms with Gasteiger partial charge < -0.3 is 35.2 Å². The van der Waals surface area contributed by atoms with Crippen LogP contribution in [0.15, 0.2) is 42.5 Å². The number of benzene rings is 2. The number of likely N-dealkylation sites (tertiary alicyclic amines) is 1. The predicted molar refractivity (Wildman–Crippen MR) is 141 cm³/mol. The highest BCUT2D eigenvalue weighted by molar-refractivity contribution is 7.51. The van der Waals surface area contributed by atoms with Crippen molar-refractivity contribution in [2.24, 2.45) is 5.73 Å². The van der Waals surface area contributed by atoms with Gasteiger partial charge in [-0.3, -0.25) is 20.2 Å². The summed E-state index contributed by atoms with van der Waals surface area (Å²) in [5, 5.41) is 18.1. The quantitative estimate of drug-likeness (QED) is 0.111. The van der Waals surface area contributed by atoms with E-state index in [9.17, 15) is 19.1 Å². The molecule has 0 radical (unpaired) electrons. The topological polar surface area (TPSA) is 182 Å². The average Bonchev–Trinajstić information content (AvgIpc) is 2.85. The van der Waals surface area contributed by atoms with Crippen LogP contribution in [0.2, 0.25) is 0 Å². The minimum atomic E-state index is -4.18. The summed E-state index contributed by atoms with van der Waals surface area (Å²) in [7, 11) is -4.18. The molecule has 7 N–H and O–H groups in total. The number of nitrogens with two attached hydrogens (primary N) is 1. The van der Waals surface area contributed by atoms with Crippen LogP contribution in [0.3, 0.4) is 0 Å². The first-order valence-electron chi connectivity index (χ1n) is 12.0. The Kier molecular flexibility index (Phi) is 9.68. The molecule has 1 aliphatic heterocycles. The Labute approximate surface area is 216 Å². The lowest BCUT2D eigenvalue weighted by molar-refractivity contribution is 0.0946. The molecule has 0 bridgehead atoms. The third kappa shape index (κ3) is 8.89. The summed E-state index contributed by atoms with van der Waals surface area (Å²) in [6.45, 7) is 3.70. The van der Waals surface area contributed by atoms with E-state index in [-0.39, 0.29) is 43.6 Å². The van der Waals surface area contributed by atoms with E-state index in [1.54, 1.807) is 49.4 Å². The number of nitrogens with zero attached hydrogens (tertiary/aromatic N) is 1. The van der Waals surface area contributed by atoms with Crippen LogP contribution in [0.25, 0.3) is 0 Å². The molecule has 1 heterocycles. The van der Waals surface area contributed by atoms with Crippen molar-refractivity contribution in [3.63, 3.8) is 0 Å². The van der Waals surface area contributed by atoms with Crippen LogP contribution in [-0.2, 0) is 11.0 Å². The van der Waals surface area contributed by atoms with E-state index in [0.717, 1.165) is 25.9 Å². The number of ether oxygens (including phenoxy) is 2. The molecule has 1 saturated heterocycles. The number of hydrogen-bond donors (Lipinski definition) is 6. The van der Waals surface area contributed by atoms with Crippen LogP contribution >= 0.6 is 7.60 Å². The molecule has 0 unspecified atom stereocenters. The van der Waals surface area contributed by atoms with E-state index in [1.165, 1.54) is 0 Å². The lowest BCUT2D eigenvalue weighted by atomic mass is 10.1. The second-order valence-corrected chi connectivity index (χ2v) is 10.7. The smallest absolute Gasteiger partial charge is 0.325 e. The number of nitrogens with one attached hydrogen (secondary N) is 3. The van der Waals surface area contributed by atoms with Gasteiger partial charge in [0.15, 0.2) is 0 Å². The summed E-state index contributed by atoms with van der Waals surface area (Å²) in [6, 6.07) is 11.7. The highest BCUT2D eigenvalue weighted by atomic mass is 31.2. The normalized spacial score (nSPS) is 14.2. The lowest BCUT2D eigenvalue weighted by Crippen LogP contribution is -2.40. The average molecular weight is 532 g/mol. The van der Waals surface area contributed by atoms with Gasteiger partial charge in [-0.1, -0.05) is 12.1 Å². The number of amidine groups is 2. The van der Waals surface area contributed by atoms with Crippen LogP contribution < -0.4 is 20.5 Å². The molecule has 2 aromatic rings. The van der Waals surface area contributed by atoms with Gasteiger partial charge in [0.2, 0.25) is 0 Å². The zero-order valence-corrected chi connectivity index (χ0v) is 21.7. The van der Waals surface area contributed by atoms with Gasteiger partial charge in [0, 0.05) is 37.1 Å². The van der Waals surface area contributed by atoms with Gasteiger partial charge in [-0.05, 0) is 49.2 Å². The van der Waals surface area contributed by atoms with Crippen molar-refractivity contribution < 1.29 is 28.6 Å². The van der Waals surface area contributed by atoms with Gasteiger partial charge in [0.25, 0.3) is 5.91 Å². The standard InChI is InChI=1S/C25H34N5O6P/c1-17(26)30-12-8-22(9-13-30)36-21-6-4-19(5-7-21)25(31)29-11-14-35-23-16-20(24(27)28)3-2-18(23)10-15-37(32,33)34/h2-7,16,22,26H,8-15H2,1H3,(H3,27,28)(H,29,31)(H2,32,33,34). The first kappa shape index (κ1) is 28.2. The van der Waals surface area contributed by atoms with Gasteiger partial charge in [-0.25, -0.2) is 0 Å². The maximum Gasteiger partial charge on any atom is 0.325 e. The molecule has 1 aliphatic rings. The predicted octanol–water partition coefficient (Wildman–Crippen LogP) is 2.34. The van der Waals surface area contributed by atoms with Gasteiger partial charge in [-0.2, -0.15) is 0 Å². The molecule has 12 heteroatoms. The van der Waals surface area contributed by atoms with E-state index in [2.05, 4.69) is 5.32 Å². The molecule has 1 amide bonds. The molecule has 3 rings (SSSR count). The molecule has 0 aliphatic carbocycles. The molecule has 1 fully saturated rings. The lowest BCUT2D eigenvalue weighted by Gasteiger charge is -2.32. The summed E-state index contributed by atoms with van der Waals surface area (Å²) in [5.41, 5.74) is 7.02. The molecular weight excluding hydrogens is 497 g/mol. The number of rotatable bonds is 11. The molecule has 200 valence electrons. The van der Waals surface area contributed by atoms with Crippen LogP contribution in [0.4, 0.5) is 0 Å². The van der Waals surface area contributed by atoms with Gasteiger partial charge >= 0.3 is 7.60 Å². The van der Waals surface area contributed by atoms with Crippen LogP contribution in [0.1, 0.15) is 41.3 Å². The SMILES string of the molecule is CC(=N)N1CCC(Oc2ccc(C(=O)NCCOc3cc(C(=N)N)ccc3CCP(=O)(O)O)cc2)CC1. The van der Waals surface area contributed by atoms with Crippen LogP contribution in [-0.4, -0.2) is 70.8 Å². The Hall–Kier alpha value is -3.40. The molecule has 2 aromatic carbocycles. The van der Waals surface area contributed by atoms with Crippen molar-refractivity contribution in [3.05, 3.63) is 59.2 Å². The van der Waals surface area contributed by atoms with E-state index < -0.39 is 7.60 Å². The summed E-state index contributed by atoms with van der Waals surface area (Å²) < 4.78 is 23.0. The second-order valence-electron chi connectivity index (χ2n) is 8.89. The third-order valence-corrected chi connectivity index (χ3v) is 6.84. The summed E-state index contributed by atoms with van der Waals surface area (Å²) >= 11 is 0. The fraction of sp³-hybridized carbons (Fsp3) is 0.400. The van der Waals surface area contributed by atoms with E-state index >= 15 is 0 Å². The Morgan fingerprint density at radius 3 is 2.38 bits per heavy atom. The Balaban J connectivity index is 1.48. The molecule has 37 heavy (non-hydrogen) atoms. The molecule has 0 atom stereocenters. The summed E-state index contributed by atoms with van der Waals surface area (Å²) in [4.78, 5) is 32.9. The van der Waals surface area contributed by atoms with Crippen molar-refractivity contribution in [1.29, 1.82) is 10.8 Å². The first-order valence-corrected chi connectivity index (χ1v) is 13.8. The zero-order chi connectivity index (χ0) is 27.0. The third-order valence-electron chi connectivity index (χ3n) is 6.03. The number of aryl methyl sites for hydroxylation is 1. The van der Waals surface area contributed by atoms with Crippen molar-refractivity contribution in [2.75, 3.05) is 32.4 Å². The molecule has 11 nitrogen and oxygen atoms in total. The molecule has 0 spiro atoms. The largest absolute Gasteiger partial charge is 0.491 e. The van der Waals surface area contributed by atoms with Crippen LogP contribution in [0.5, 0.6) is 11.5 Å².